The predicted octanol–water partition coefficient (Wildman–Crippen LogP) is 4.81. The van der Waals surface area contributed by atoms with Crippen LogP contribution < -0.4 is 5.32 Å². The molecule has 1 aliphatic rings. The number of oxime groups is 1. The number of amides is 1. The molecule has 0 radical (unpaired) electrons. The van der Waals surface area contributed by atoms with Gasteiger partial charge in [0.1, 0.15) is 11.6 Å². The summed E-state index contributed by atoms with van der Waals surface area (Å²) in [5.41, 5.74) is -0.273. The lowest BCUT2D eigenvalue weighted by Crippen LogP contribution is -2.59. The number of ether oxygens (including phenoxy) is 1. The van der Waals surface area contributed by atoms with Crippen LogP contribution in [0, 0.1) is 0 Å². The molecule has 0 aromatic heterocycles. The van der Waals surface area contributed by atoms with E-state index in [1.165, 1.54) is 7.11 Å². The highest BCUT2D eigenvalue weighted by Crippen LogP contribution is 2.42. The van der Waals surface area contributed by atoms with Gasteiger partial charge in [0.25, 0.3) is 5.91 Å². The Hall–Kier alpha value is -3.35. The Morgan fingerprint density at radius 3 is 2.12 bits per heavy atom. The van der Waals surface area contributed by atoms with E-state index in [9.17, 15) is 9.59 Å². The molecule has 4 rings (SSSR count). The summed E-state index contributed by atoms with van der Waals surface area (Å²) in [6.45, 7) is 0. The molecule has 2 atom stereocenters. The van der Waals surface area contributed by atoms with Gasteiger partial charge in [-0.2, -0.15) is 0 Å². The molecule has 0 bridgehead atoms. The number of nitrogens with one attached hydrogen (secondary N) is 1. The van der Waals surface area contributed by atoms with Crippen molar-refractivity contribution >= 4 is 40.8 Å². The molecule has 0 aliphatic carbocycles. The van der Waals surface area contributed by atoms with Crippen molar-refractivity contribution < 1.29 is 19.2 Å². The van der Waals surface area contributed by atoms with Crippen LogP contribution in [0.3, 0.4) is 0 Å². The van der Waals surface area contributed by atoms with Crippen molar-refractivity contribution in [3.63, 3.8) is 0 Å². The number of carbonyl (C=O) groups excluding carboxylic acids is 2. The summed E-state index contributed by atoms with van der Waals surface area (Å²) in [6, 6.07) is 22.5. The average molecular weight is 469 g/mol. The third-order valence-electron chi connectivity index (χ3n) is 5.14. The number of carbonyl (C=O) groups is 2. The number of methoxy groups -OCH3 is 1. The van der Waals surface area contributed by atoms with Crippen LogP contribution >= 0.6 is 23.2 Å². The third kappa shape index (κ3) is 3.83. The Morgan fingerprint density at radius 1 is 0.938 bits per heavy atom. The van der Waals surface area contributed by atoms with Crippen LogP contribution in [-0.4, -0.2) is 30.4 Å². The van der Waals surface area contributed by atoms with Crippen molar-refractivity contribution in [1.29, 1.82) is 0 Å². The van der Waals surface area contributed by atoms with E-state index < -0.39 is 23.5 Å². The molecule has 1 heterocycles. The van der Waals surface area contributed by atoms with Crippen molar-refractivity contribution in [3.8, 4) is 0 Å². The van der Waals surface area contributed by atoms with Crippen LogP contribution in [0.2, 0.25) is 10.0 Å². The third-order valence-corrected chi connectivity index (χ3v) is 5.77. The first-order chi connectivity index (χ1) is 15.5. The molecule has 0 saturated carbocycles. The zero-order valence-corrected chi connectivity index (χ0v) is 18.4. The van der Waals surface area contributed by atoms with Gasteiger partial charge < -0.3 is 14.9 Å². The van der Waals surface area contributed by atoms with Crippen molar-refractivity contribution in [3.05, 3.63) is 106 Å². The van der Waals surface area contributed by atoms with E-state index in [2.05, 4.69) is 10.5 Å². The quantitative estimate of drug-likeness (QED) is 0.545. The first-order valence-electron chi connectivity index (χ1n) is 9.69. The number of rotatable bonds is 5. The van der Waals surface area contributed by atoms with Crippen molar-refractivity contribution in [2.24, 2.45) is 5.16 Å². The summed E-state index contributed by atoms with van der Waals surface area (Å²) in [7, 11) is 1.21. The highest BCUT2D eigenvalue weighted by atomic mass is 35.5. The summed E-state index contributed by atoms with van der Waals surface area (Å²) in [4.78, 5) is 31.9. The first-order valence-corrected chi connectivity index (χ1v) is 10.4. The molecule has 3 aromatic rings. The maximum absolute atomic E-state index is 13.1. The van der Waals surface area contributed by atoms with E-state index >= 15 is 0 Å². The Kier molecular flexibility index (Phi) is 6.17. The number of halogens is 2. The highest BCUT2D eigenvalue weighted by molar-refractivity contribution is 6.40. The SMILES string of the molecule is COC(=O)[C@]1(NC(=O)c2ccccc2)ON=C(c2c(Cl)cccc2Cl)[C@@H]1c1ccccc1. The molecule has 1 aliphatic heterocycles. The zero-order valence-electron chi connectivity index (χ0n) is 16.9. The number of hydrogen-bond acceptors (Lipinski definition) is 5. The number of benzene rings is 3. The van der Waals surface area contributed by atoms with Gasteiger partial charge in [-0.25, -0.2) is 4.79 Å². The Labute approximate surface area is 194 Å². The monoisotopic (exact) mass is 468 g/mol. The molecule has 8 heteroatoms. The van der Waals surface area contributed by atoms with Gasteiger partial charge in [0.05, 0.1) is 17.2 Å². The van der Waals surface area contributed by atoms with Gasteiger partial charge in [0, 0.05) is 11.1 Å². The number of hydrogen-bond donors (Lipinski definition) is 1. The van der Waals surface area contributed by atoms with E-state index in [0.717, 1.165) is 0 Å². The summed E-state index contributed by atoms with van der Waals surface area (Å²) in [6.07, 6.45) is 0. The van der Waals surface area contributed by atoms with Crippen LogP contribution in [0.15, 0.2) is 84.0 Å². The zero-order chi connectivity index (χ0) is 22.7. The lowest BCUT2D eigenvalue weighted by molar-refractivity contribution is -0.171. The maximum atomic E-state index is 13.1. The summed E-state index contributed by atoms with van der Waals surface area (Å²) >= 11 is 12.9. The molecular weight excluding hydrogens is 451 g/mol. The van der Waals surface area contributed by atoms with Crippen LogP contribution in [0.4, 0.5) is 0 Å². The van der Waals surface area contributed by atoms with Crippen molar-refractivity contribution in [1.82, 2.24) is 5.32 Å². The van der Waals surface area contributed by atoms with Gasteiger partial charge in [0.15, 0.2) is 0 Å². The van der Waals surface area contributed by atoms with Gasteiger partial charge in [-0.15, -0.1) is 0 Å². The second kappa shape index (κ2) is 9.02. The van der Waals surface area contributed by atoms with Crippen LogP contribution in [0.25, 0.3) is 0 Å². The fourth-order valence-electron chi connectivity index (χ4n) is 3.67. The molecule has 1 N–H and O–H groups in total. The van der Waals surface area contributed by atoms with Gasteiger partial charge in [-0.05, 0) is 29.8 Å². The minimum atomic E-state index is -1.97. The van der Waals surface area contributed by atoms with Crippen LogP contribution in [0.5, 0.6) is 0 Å². The van der Waals surface area contributed by atoms with E-state index in [4.69, 9.17) is 32.8 Å². The fraction of sp³-hybridized carbons (Fsp3) is 0.125. The molecule has 3 aromatic carbocycles. The van der Waals surface area contributed by atoms with Crippen molar-refractivity contribution in [2.75, 3.05) is 7.11 Å². The Balaban J connectivity index is 1.87. The van der Waals surface area contributed by atoms with Gasteiger partial charge in [0.2, 0.25) is 0 Å². The largest absolute Gasteiger partial charge is 0.464 e. The maximum Gasteiger partial charge on any atom is 0.375 e. The fourth-order valence-corrected chi connectivity index (χ4v) is 4.26. The van der Waals surface area contributed by atoms with E-state index in [1.807, 2.05) is 6.07 Å². The summed E-state index contributed by atoms with van der Waals surface area (Å²) in [5, 5.41) is 7.56. The molecule has 1 amide bonds. The molecule has 0 fully saturated rings. The molecular formula is C24H18Cl2N2O4. The van der Waals surface area contributed by atoms with E-state index in [-0.39, 0.29) is 0 Å². The van der Waals surface area contributed by atoms with Crippen LogP contribution in [-0.2, 0) is 14.4 Å². The summed E-state index contributed by atoms with van der Waals surface area (Å²) < 4.78 is 5.05. The van der Waals surface area contributed by atoms with Gasteiger partial charge >= 0.3 is 11.7 Å². The normalized spacial score (nSPS) is 19.6. The minimum absolute atomic E-state index is 0.297. The first kappa shape index (κ1) is 21.9. The highest BCUT2D eigenvalue weighted by Gasteiger charge is 2.59. The topological polar surface area (TPSA) is 77.0 Å². The van der Waals surface area contributed by atoms with E-state index in [1.54, 1.807) is 72.8 Å². The van der Waals surface area contributed by atoms with Gasteiger partial charge in [-0.3, -0.25) is 4.79 Å². The number of esters is 1. The minimum Gasteiger partial charge on any atom is -0.464 e. The van der Waals surface area contributed by atoms with E-state index in [0.29, 0.717) is 32.4 Å². The Bertz CT molecular complexity index is 1160. The average Bonchev–Trinajstić information content (AvgIpc) is 3.19. The van der Waals surface area contributed by atoms with Crippen molar-refractivity contribution in [2.45, 2.75) is 11.6 Å². The molecule has 6 nitrogen and oxygen atoms in total. The molecule has 32 heavy (non-hydrogen) atoms. The second-order valence-corrected chi connectivity index (χ2v) is 7.87. The molecule has 0 saturated heterocycles. The Morgan fingerprint density at radius 2 is 1.53 bits per heavy atom. The lowest BCUT2D eigenvalue weighted by atomic mass is 9.81. The molecule has 162 valence electrons. The predicted molar refractivity (Wildman–Crippen MR) is 122 cm³/mol. The number of nitrogens with zero attached hydrogens (tertiary/aromatic N) is 1. The molecule has 0 unspecified atom stereocenters. The van der Waals surface area contributed by atoms with Gasteiger partial charge in [-0.1, -0.05) is 83.0 Å². The molecule has 0 spiro atoms. The lowest BCUT2D eigenvalue weighted by Gasteiger charge is -2.31. The standard InChI is InChI=1S/C24H18Cl2N2O4/c1-31-23(30)24(27-22(29)16-11-6-3-7-12-16)20(15-9-4-2-5-10-15)21(28-32-24)19-17(25)13-8-14-18(19)26/h2-14,20H,1H3,(H,27,29)/t20-,24+/m0/s1. The smallest absolute Gasteiger partial charge is 0.375 e. The second-order valence-electron chi connectivity index (χ2n) is 7.06. The summed E-state index contributed by atoms with van der Waals surface area (Å²) in [5.74, 6) is -2.24. The van der Waals surface area contributed by atoms with Crippen LogP contribution in [0.1, 0.15) is 27.4 Å².